The average molecular weight is 290 g/mol. The highest BCUT2D eigenvalue weighted by atomic mass is 16.2. The molecule has 3 nitrogen and oxygen atoms in total. The van der Waals surface area contributed by atoms with E-state index in [4.69, 9.17) is 0 Å². The molecule has 0 radical (unpaired) electrons. The summed E-state index contributed by atoms with van der Waals surface area (Å²) in [5.74, 6) is 3.02. The van der Waals surface area contributed by atoms with Crippen LogP contribution in [0.15, 0.2) is 0 Å². The molecule has 4 aliphatic rings. The Bertz CT molecular complexity index is 390. The smallest absolute Gasteiger partial charge is 0.223 e. The minimum atomic E-state index is 0.488. The summed E-state index contributed by atoms with van der Waals surface area (Å²) in [6.07, 6.45) is 11.5. The van der Waals surface area contributed by atoms with Crippen molar-refractivity contribution < 1.29 is 4.79 Å². The number of nitrogens with zero attached hydrogens (tertiary/aromatic N) is 2. The van der Waals surface area contributed by atoms with Gasteiger partial charge >= 0.3 is 0 Å². The highest BCUT2D eigenvalue weighted by Gasteiger charge is 2.44. The maximum Gasteiger partial charge on any atom is 0.223 e. The Labute approximate surface area is 129 Å². The molecule has 118 valence electrons. The molecule has 1 amide bonds. The van der Waals surface area contributed by atoms with E-state index >= 15 is 0 Å². The Hall–Kier alpha value is -0.570. The molecule has 2 aliphatic heterocycles. The average Bonchev–Trinajstić information content (AvgIpc) is 3.39. The molecule has 0 unspecified atom stereocenters. The van der Waals surface area contributed by atoms with E-state index in [9.17, 15) is 4.79 Å². The lowest BCUT2D eigenvalue weighted by molar-refractivity contribution is -0.134. The summed E-state index contributed by atoms with van der Waals surface area (Å²) in [6, 6.07) is 1.15. The van der Waals surface area contributed by atoms with Crippen molar-refractivity contribution in [1.82, 2.24) is 9.80 Å². The molecule has 0 spiro atoms. The van der Waals surface area contributed by atoms with E-state index in [0.717, 1.165) is 30.7 Å². The number of carbonyl (C=O) groups excluding carboxylic acids is 1. The van der Waals surface area contributed by atoms with Gasteiger partial charge in [-0.1, -0.05) is 0 Å². The van der Waals surface area contributed by atoms with Crippen molar-refractivity contribution in [3.63, 3.8) is 0 Å². The molecule has 0 aromatic heterocycles. The molecule has 0 bridgehead atoms. The monoisotopic (exact) mass is 290 g/mol. The van der Waals surface area contributed by atoms with Crippen LogP contribution in [0.5, 0.6) is 0 Å². The zero-order chi connectivity index (χ0) is 14.4. The minimum absolute atomic E-state index is 0.488. The van der Waals surface area contributed by atoms with Crippen molar-refractivity contribution in [3.05, 3.63) is 0 Å². The highest BCUT2D eigenvalue weighted by molar-refractivity contribution is 5.77. The Balaban J connectivity index is 1.40. The molecule has 4 fully saturated rings. The van der Waals surface area contributed by atoms with Crippen molar-refractivity contribution in [3.8, 4) is 0 Å². The number of hydrogen-bond acceptors (Lipinski definition) is 2. The first-order valence-electron chi connectivity index (χ1n) is 9.24. The number of likely N-dealkylation sites (N-methyl/N-ethyl adjacent to an activating group) is 1. The van der Waals surface area contributed by atoms with Crippen LogP contribution in [0.25, 0.3) is 0 Å². The fraction of sp³-hybridized carbons (Fsp3) is 0.944. The third-order valence-corrected chi connectivity index (χ3v) is 6.51. The van der Waals surface area contributed by atoms with Crippen molar-refractivity contribution in [1.29, 1.82) is 0 Å². The minimum Gasteiger partial charge on any atom is -0.338 e. The molecular formula is C18H30N2O. The Morgan fingerprint density at radius 1 is 0.952 bits per heavy atom. The van der Waals surface area contributed by atoms with E-state index in [2.05, 4.69) is 16.8 Å². The summed E-state index contributed by atoms with van der Waals surface area (Å²) in [4.78, 5) is 17.7. The van der Waals surface area contributed by atoms with Crippen LogP contribution in [0.4, 0.5) is 0 Å². The quantitative estimate of drug-likeness (QED) is 0.777. The summed E-state index contributed by atoms with van der Waals surface area (Å²) < 4.78 is 0. The van der Waals surface area contributed by atoms with Crippen LogP contribution in [-0.4, -0.2) is 47.9 Å². The fourth-order valence-electron chi connectivity index (χ4n) is 5.01. The van der Waals surface area contributed by atoms with Gasteiger partial charge in [-0.05, 0) is 82.7 Å². The molecule has 2 saturated heterocycles. The number of rotatable bonds is 5. The first-order valence-corrected chi connectivity index (χ1v) is 9.24. The Kier molecular flexibility index (Phi) is 3.72. The molecule has 4 rings (SSSR count). The van der Waals surface area contributed by atoms with Crippen LogP contribution in [0.1, 0.15) is 57.8 Å². The number of likely N-dealkylation sites (tertiary alicyclic amines) is 2. The molecule has 2 aliphatic carbocycles. The topological polar surface area (TPSA) is 23.6 Å². The second kappa shape index (κ2) is 5.57. The van der Waals surface area contributed by atoms with Crippen LogP contribution in [0.3, 0.4) is 0 Å². The van der Waals surface area contributed by atoms with Gasteiger partial charge in [0.25, 0.3) is 0 Å². The van der Waals surface area contributed by atoms with Crippen LogP contribution in [0, 0.1) is 17.8 Å². The van der Waals surface area contributed by atoms with Gasteiger partial charge in [-0.2, -0.15) is 0 Å². The van der Waals surface area contributed by atoms with Gasteiger partial charge in [0.05, 0.1) is 0 Å². The standard InChI is InChI=1S/C18H30N2O/c1-19-10-2-4-16(19)17-5-3-11-20(17)18(21)12-15(13-6-7-13)14-8-9-14/h13-17H,2-12H2,1H3/t16-,17+/m0/s1. The van der Waals surface area contributed by atoms with E-state index in [1.54, 1.807) is 0 Å². The largest absolute Gasteiger partial charge is 0.338 e. The molecule has 21 heavy (non-hydrogen) atoms. The van der Waals surface area contributed by atoms with Crippen molar-refractivity contribution in [2.75, 3.05) is 20.1 Å². The van der Waals surface area contributed by atoms with E-state index in [1.165, 1.54) is 57.9 Å². The maximum absolute atomic E-state index is 12.9. The van der Waals surface area contributed by atoms with E-state index in [1.807, 2.05) is 0 Å². The van der Waals surface area contributed by atoms with Crippen molar-refractivity contribution in [2.24, 2.45) is 17.8 Å². The zero-order valence-electron chi connectivity index (χ0n) is 13.5. The molecule has 2 saturated carbocycles. The summed E-state index contributed by atoms with van der Waals surface area (Å²) in [6.45, 7) is 2.24. The van der Waals surface area contributed by atoms with Crippen LogP contribution in [0.2, 0.25) is 0 Å². The van der Waals surface area contributed by atoms with Gasteiger partial charge in [-0.3, -0.25) is 4.79 Å². The summed E-state index contributed by atoms with van der Waals surface area (Å²) in [5, 5.41) is 0. The zero-order valence-corrected chi connectivity index (χ0v) is 13.5. The second-order valence-electron chi connectivity index (χ2n) is 8.03. The maximum atomic E-state index is 12.9. The number of carbonyl (C=O) groups is 1. The molecule has 2 heterocycles. The summed E-state index contributed by atoms with van der Waals surface area (Å²) in [7, 11) is 2.25. The van der Waals surface area contributed by atoms with E-state index < -0.39 is 0 Å². The molecule has 0 N–H and O–H groups in total. The lowest BCUT2D eigenvalue weighted by Gasteiger charge is -2.34. The first-order chi connectivity index (χ1) is 10.2. The predicted octanol–water partition coefficient (Wildman–Crippen LogP) is 2.90. The molecule has 0 aromatic rings. The van der Waals surface area contributed by atoms with Gasteiger partial charge < -0.3 is 9.80 Å². The van der Waals surface area contributed by atoms with Gasteiger partial charge in [0.15, 0.2) is 0 Å². The molecular weight excluding hydrogens is 260 g/mol. The lowest BCUT2D eigenvalue weighted by Crippen LogP contribution is -2.47. The summed E-state index contributed by atoms with van der Waals surface area (Å²) in [5.41, 5.74) is 0. The molecule has 2 atom stereocenters. The van der Waals surface area contributed by atoms with E-state index in [0.29, 0.717) is 18.0 Å². The summed E-state index contributed by atoms with van der Waals surface area (Å²) >= 11 is 0. The van der Waals surface area contributed by atoms with Gasteiger partial charge in [-0.25, -0.2) is 0 Å². The number of amides is 1. The normalized spacial score (nSPS) is 34.1. The fourth-order valence-corrected chi connectivity index (χ4v) is 5.01. The van der Waals surface area contributed by atoms with Crippen molar-refractivity contribution >= 4 is 5.91 Å². The second-order valence-corrected chi connectivity index (χ2v) is 8.03. The molecule has 0 aromatic carbocycles. The lowest BCUT2D eigenvalue weighted by atomic mass is 9.93. The SMILES string of the molecule is CN1CCC[C@H]1[C@H]1CCCN1C(=O)CC(C1CC1)C1CC1. The van der Waals surface area contributed by atoms with Crippen LogP contribution in [-0.2, 0) is 4.79 Å². The third-order valence-electron chi connectivity index (χ3n) is 6.51. The third kappa shape index (κ3) is 2.86. The van der Waals surface area contributed by atoms with Crippen molar-refractivity contribution in [2.45, 2.75) is 69.9 Å². The number of hydrogen-bond donors (Lipinski definition) is 0. The predicted molar refractivity (Wildman–Crippen MR) is 83.9 cm³/mol. The first kappa shape index (κ1) is 14.0. The van der Waals surface area contributed by atoms with Crippen LogP contribution >= 0.6 is 0 Å². The van der Waals surface area contributed by atoms with Gasteiger partial charge in [0, 0.05) is 25.0 Å². The molecule has 3 heteroatoms. The van der Waals surface area contributed by atoms with Gasteiger partial charge in [-0.15, -0.1) is 0 Å². The van der Waals surface area contributed by atoms with Gasteiger partial charge in [0.2, 0.25) is 5.91 Å². The Morgan fingerprint density at radius 2 is 1.57 bits per heavy atom. The highest BCUT2D eigenvalue weighted by Crippen LogP contribution is 2.51. The van der Waals surface area contributed by atoms with Crippen LogP contribution < -0.4 is 0 Å². The Morgan fingerprint density at radius 3 is 2.14 bits per heavy atom. The van der Waals surface area contributed by atoms with E-state index in [-0.39, 0.29) is 0 Å². The van der Waals surface area contributed by atoms with Gasteiger partial charge in [0.1, 0.15) is 0 Å².